The first kappa shape index (κ1) is 22.3. The molecule has 0 radical (unpaired) electrons. The van der Waals surface area contributed by atoms with Crippen molar-refractivity contribution in [1.82, 2.24) is 15.0 Å². The Kier molecular flexibility index (Phi) is 6.43. The summed E-state index contributed by atoms with van der Waals surface area (Å²) >= 11 is 0. The van der Waals surface area contributed by atoms with Crippen LogP contribution in [0.5, 0.6) is 0 Å². The number of ketones is 1. The second kappa shape index (κ2) is 9.79. The minimum absolute atomic E-state index is 0.0970. The summed E-state index contributed by atoms with van der Waals surface area (Å²) in [6.45, 7) is 7.98. The second-order valence-corrected chi connectivity index (χ2v) is 9.39. The van der Waals surface area contributed by atoms with E-state index in [1.54, 1.807) is 0 Å². The van der Waals surface area contributed by atoms with Gasteiger partial charge in [-0.2, -0.15) is 15.0 Å². The molecular formula is C27H32N6O. The van der Waals surface area contributed by atoms with Gasteiger partial charge in [-0.3, -0.25) is 4.79 Å². The molecule has 0 bridgehead atoms. The van der Waals surface area contributed by atoms with Crippen molar-refractivity contribution in [3.63, 3.8) is 0 Å². The molecule has 0 spiro atoms. The van der Waals surface area contributed by atoms with E-state index >= 15 is 0 Å². The number of nitrogens with one attached hydrogen (secondary N) is 1. The Bertz CT molecular complexity index is 1150. The molecule has 0 saturated carbocycles. The number of carbonyl (C=O) groups is 1. The predicted octanol–water partition coefficient (Wildman–Crippen LogP) is 4.86. The van der Waals surface area contributed by atoms with E-state index in [2.05, 4.69) is 21.2 Å². The third-order valence-corrected chi connectivity index (χ3v) is 6.64. The Morgan fingerprint density at radius 2 is 1.50 bits per heavy atom. The van der Waals surface area contributed by atoms with Crippen molar-refractivity contribution >= 4 is 29.3 Å². The number of carbonyl (C=O) groups excluding carboxylic acids is 1. The Morgan fingerprint density at radius 1 is 0.853 bits per heavy atom. The van der Waals surface area contributed by atoms with Crippen molar-refractivity contribution in [3.8, 4) is 0 Å². The van der Waals surface area contributed by atoms with Crippen LogP contribution in [0, 0.1) is 13.8 Å². The number of benzene rings is 2. The fraction of sp³-hybridized carbons (Fsp3) is 0.407. The van der Waals surface area contributed by atoms with Crippen LogP contribution in [0.4, 0.5) is 23.5 Å². The molecule has 7 nitrogen and oxygen atoms in total. The molecule has 2 saturated heterocycles. The van der Waals surface area contributed by atoms with Gasteiger partial charge in [0.05, 0.1) is 0 Å². The summed E-state index contributed by atoms with van der Waals surface area (Å²) in [6, 6.07) is 13.9. The van der Waals surface area contributed by atoms with Gasteiger partial charge in [0, 0.05) is 43.9 Å². The van der Waals surface area contributed by atoms with Gasteiger partial charge in [-0.15, -0.1) is 0 Å². The summed E-state index contributed by atoms with van der Waals surface area (Å²) in [5.41, 5.74) is 4.76. The first-order valence-corrected chi connectivity index (χ1v) is 12.3. The zero-order chi connectivity index (χ0) is 23.5. The highest BCUT2D eigenvalue weighted by Crippen LogP contribution is 2.26. The normalized spacial score (nSPS) is 15.7. The van der Waals surface area contributed by atoms with Gasteiger partial charge in [-0.25, -0.2) is 0 Å². The van der Waals surface area contributed by atoms with E-state index in [9.17, 15) is 4.79 Å². The van der Waals surface area contributed by atoms with Crippen LogP contribution in [-0.2, 0) is 6.42 Å². The molecule has 0 amide bonds. The highest BCUT2D eigenvalue weighted by molar-refractivity contribution is 5.98. The standard InChI is InChI=1S/C27H32N6O/c1-19-8-7-9-21(16-19)17-24(34)22-11-10-20(2)23(18-22)28-25-29-26(32-12-3-4-13-32)31-27(30-25)33-14-5-6-15-33/h7-11,16,18H,3-6,12-15,17H2,1-2H3,(H,28,29,30,31). The molecule has 2 aliphatic heterocycles. The fourth-order valence-corrected chi connectivity index (χ4v) is 4.69. The minimum Gasteiger partial charge on any atom is -0.341 e. The first-order valence-electron chi connectivity index (χ1n) is 12.3. The average molecular weight is 457 g/mol. The van der Waals surface area contributed by atoms with E-state index in [1.165, 1.54) is 0 Å². The number of anilines is 4. The molecule has 3 aromatic rings. The van der Waals surface area contributed by atoms with E-state index in [-0.39, 0.29) is 5.78 Å². The van der Waals surface area contributed by atoms with Gasteiger partial charge < -0.3 is 15.1 Å². The maximum Gasteiger partial charge on any atom is 0.233 e. The van der Waals surface area contributed by atoms with Gasteiger partial charge in [-0.1, -0.05) is 42.0 Å². The SMILES string of the molecule is Cc1cccc(CC(=O)c2ccc(C)c(Nc3nc(N4CCCC4)nc(N4CCCC4)n3)c2)c1. The molecule has 3 heterocycles. The molecule has 7 heteroatoms. The van der Waals surface area contributed by atoms with Crippen LogP contribution >= 0.6 is 0 Å². The van der Waals surface area contributed by atoms with E-state index in [4.69, 9.17) is 15.0 Å². The number of hydrogen-bond donors (Lipinski definition) is 1. The monoisotopic (exact) mass is 456 g/mol. The summed E-state index contributed by atoms with van der Waals surface area (Å²) < 4.78 is 0. The predicted molar refractivity (Wildman–Crippen MR) is 136 cm³/mol. The lowest BCUT2D eigenvalue weighted by Gasteiger charge is -2.21. The van der Waals surface area contributed by atoms with Crippen LogP contribution in [0.15, 0.2) is 42.5 Å². The molecular weight excluding hydrogens is 424 g/mol. The van der Waals surface area contributed by atoms with Gasteiger partial charge in [0.25, 0.3) is 0 Å². The number of Topliss-reactive ketones (excluding diaryl/α,β-unsaturated/α-hetero) is 1. The lowest BCUT2D eigenvalue weighted by atomic mass is 10.00. The molecule has 176 valence electrons. The van der Waals surface area contributed by atoms with Crippen LogP contribution < -0.4 is 15.1 Å². The van der Waals surface area contributed by atoms with Crippen LogP contribution in [0.25, 0.3) is 0 Å². The molecule has 2 aromatic carbocycles. The average Bonchev–Trinajstić information content (AvgIpc) is 3.55. The van der Waals surface area contributed by atoms with Crippen molar-refractivity contribution in [2.24, 2.45) is 0 Å². The number of rotatable bonds is 7. The molecule has 2 fully saturated rings. The maximum atomic E-state index is 13.0. The van der Waals surface area contributed by atoms with Crippen molar-refractivity contribution in [2.45, 2.75) is 46.0 Å². The van der Waals surface area contributed by atoms with Crippen LogP contribution in [0.3, 0.4) is 0 Å². The summed E-state index contributed by atoms with van der Waals surface area (Å²) in [4.78, 5) is 31.8. The first-order chi connectivity index (χ1) is 16.5. The van der Waals surface area contributed by atoms with E-state index in [0.29, 0.717) is 17.9 Å². The van der Waals surface area contributed by atoms with Crippen molar-refractivity contribution in [2.75, 3.05) is 41.3 Å². The summed E-state index contributed by atoms with van der Waals surface area (Å²) in [7, 11) is 0. The lowest BCUT2D eigenvalue weighted by Crippen LogP contribution is -2.25. The Balaban J connectivity index is 1.41. The zero-order valence-electron chi connectivity index (χ0n) is 20.0. The summed E-state index contributed by atoms with van der Waals surface area (Å²) in [5.74, 6) is 2.10. The Hall–Kier alpha value is -3.48. The quantitative estimate of drug-likeness (QED) is 0.509. The van der Waals surface area contributed by atoms with Crippen molar-refractivity contribution < 1.29 is 4.79 Å². The van der Waals surface area contributed by atoms with Gasteiger partial charge in [0.2, 0.25) is 17.8 Å². The van der Waals surface area contributed by atoms with Gasteiger partial charge in [-0.05, 0) is 56.7 Å². The Morgan fingerprint density at radius 3 is 2.12 bits per heavy atom. The lowest BCUT2D eigenvalue weighted by molar-refractivity contribution is 0.0993. The van der Waals surface area contributed by atoms with Gasteiger partial charge in [0.15, 0.2) is 5.78 Å². The van der Waals surface area contributed by atoms with Crippen molar-refractivity contribution in [3.05, 3.63) is 64.7 Å². The van der Waals surface area contributed by atoms with E-state index in [1.807, 2.05) is 50.2 Å². The molecule has 0 atom stereocenters. The van der Waals surface area contributed by atoms with E-state index in [0.717, 1.165) is 86.1 Å². The third-order valence-electron chi connectivity index (χ3n) is 6.64. The fourth-order valence-electron chi connectivity index (χ4n) is 4.69. The molecule has 2 aliphatic rings. The molecule has 0 unspecified atom stereocenters. The Labute approximate surface area is 201 Å². The highest BCUT2D eigenvalue weighted by Gasteiger charge is 2.22. The highest BCUT2D eigenvalue weighted by atomic mass is 16.1. The van der Waals surface area contributed by atoms with E-state index < -0.39 is 0 Å². The number of nitrogens with zero attached hydrogens (tertiary/aromatic N) is 5. The van der Waals surface area contributed by atoms with Crippen LogP contribution in [0.1, 0.15) is 52.7 Å². The zero-order valence-corrected chi connectivity index (χ0v) is 20.0. The smallest absolute Gasteiger partial charge is 0.233 e. The third kappa shape index (κ3) is 5.03. The molecule has 1 N–H and O–H groups in total. The summed E-state index contributed by atoms with van der Waals surface area (Å²) in [5, 5.41) is 3.40. The van der Waals surface area contributed by atoms with Gasteiger partial charge in [0.1, 0.15) is 0 Å². The van der Waals surface area contributed by atoms with Gasteiger partial charge >= 0.3 is 0 Å². The summed E-state index contributed by atoms with van der Waals surface area (Å²) in [6.07, 6.45) is 5.04. The topological polar surface area (TPSA) is 74.2 Å². The van der Waals surface area contributed by atoms with Crippen LogP contribution in [0.2, 0.25) is 0 Å². The second-order valence-electron chi connectivity index (χ2n) is 9.39. The number of aryl methyl sites for hydroxylation is 2. The molecule has 34 heavy (non-hydrogen) atoms. The van der Waals surface area contributed by atoms with Crippen LogP contribution in [-0.4, -0.2) is 46.9 Å². The molecule has 0 aliphatic carbocycles. The molecule has 1 aromatic heterocycles. The number of aromatic nitrogens is 3. The van der Waals surface area contributed by atoms with Crippen molar-refractivity contribution in [1.29, 1.82) is 0 Å². The largest absolute Gasteiger partial charge is 0.341 e. The minimum atomic E-state index is 0.0970. The number of hydrogen-bond acceptors (Lipinski definition) is 7. The maximum absolute atomic E-state index is 13.0. The molecule has 5 rings (SSSR count).